The molecule has 0 spiro atoms. The van der Waals surface area contributed by atoms with Crippen LogP contribution in [0.1, 0.15) is 11.3 Å². The van der Waals surface area contributed by atoms with Crippen molar-refractivity contribution in [3.63, 3.8) is 0 Å². The van der Waals surface area contributed by atoms with E-state index < -0.39 is 11.9 Å². The summed E-state index contributed by atoms with van der Waals surface area (Å²) in [6.45, 7) is 1.90. The average Bonchev–Trinajstić information content (AvgIpc) is 2.92. The number of aryl methyl sites for hydroxylation is 2. The first-order valence-electron chi connectivity index (χ1n) is 7.10. The Morgan fingerprint density at radius 3 is 2.54 bits per heavy atom. The Balaban J connectivity index is 1.94. The molecule has 24 heavy (non-hydrogen) atoms. The number of alkyl halides is 3. The van der Waals surface area contributed by atoms with E-state index in [0.29, 0.717) is 5.69 Å². The predicted octanol–water partition coefficient (Wildman–Crippen LogP) is 3.95. The van der Waals surface area contributed by atoms with Crippen LogP contribution in [0, 0.1) is 6.92 Å². The highest BCUT2D eigenvalue weighted by atomic mass is 19.4. The molecule has 2 heterocycles. The van der Waals surface area contributed by atoms with E-state index in [1.807, 2.05) is 38.2 Å². The van der Waals surface area contributed by atoms with Crippen molar-refractivity contribution in [1.29, 1.82) is 0 Å². The Morgan fingerprint density at radius 2 is 1.88 bits per heavy atom. The third-order valence-electron chi connectivity index (χ3n) is 3.40. The summed E-state index contributed by atoms with van der Waals surface area (Å²) >= 11 is 0. The van der Waals surface area contributed by atoms with Gasteiger partial charge in [0.2, 0.25) is 5.95 Å². The Kier molecular flexibility index (Phi) is 3.96. The van der Waals surface area contributed by atoms with E-state index in [2.05, 4.69) is 20.4 Å². The molecule has 0 aliphatic rings. The van der Waals surface area contributed by atoms with Crippen LogP contribution in [-0.4, -0.2) is 19.7 Å². The highest BCUT2D eigenvalue weighted by Crippen LogP contribution is 2.29. The van der Waals surface area contributed by atoms with Gasteiger partial charge in [-0.3, -0.25) is 4.68 Å². The Hall–Kier alpha value is -2.90. The van der Waals surface area contributed by atoms with E-state index >= 15 is 0 Å². The van der Waals surface area contributed by atoms with E-state index in [1.165, 1.54) is 0 Å². The highest BCUT2D eigenvalue weighted by Gasteiger charge is 2.32. The molecule has 5 nitrogen and oxygen atoms in total. The predicted molar refractivity (Wildman–Crippen MR) is 83.7 cm³/mol. The molecule has 124 valence electrons. The van der Waals surface area contributed by atoms with E-state index in [4.69, 9.17) is 0 Å². The van der Waals surface area contributed by atoms with Gasteiger partial charge in [0.05, 0.1) is 5.69 Å². The fraction of sp³-hybridized carbons (Fsp3) is 0.188. The normalized spacial score (nSPS) is 11.5. The minimum atomic E-state index is -4.51. The van der Waals surface area contributed by atoms with E-state index in [-0.39, 0.29) is 5.95 Å². The van der Waals surface area contributed by atoms with Crippen molar-refractivity contribution in [3.8, 4) is 11.3 Å². The molecule has 0 aliphatic heterocycles. The standard InChI is InChI=1S/C16H14F3N5/c1-10-7-11(13-3-6-21-24(13)2)9-12(8-10)22-15-20-5-4-14(23-15)16(17,18)19/h3-9H,1-2H3,(H,20,22,23). The van der Waals surface area contributed by atoms with Crippen molar-refractivity contribution in [1.82, 2.24) is 19.7 Å². The molecule has 0 unspecified atom stereocenters. The second-order valence-corrected chi connectivity index (χ2v) is 5.32. The van der Waals surface area contributed by atoms with Crippen molar-refractivity contribution < 1.29 is 13.2 Å². The first kappa shape index (κ1) is 16.0. The summed E-state index contributed by atoms with van der Waals surface area (Å²) in [5.74, 6) is -0.105. The molecular formula is C16H14F3N5. The molecule has 0 saturated carbocycles. The van der Waals surface area contributed by atoms with Gasteiger partial charge in [-0.2, -0.15) is 18.3 Å². The van der Waals surface area contributed by atoms with Gasteiger partial charge in [-0.25, -0.2) is 9.97 Å². The lowest BCUT2D eigenvalue weighted by molar-refractivity contribution is -0.141. The van der Waals surface area contributed by atoms with Crippen molar-refractivity contribution in [3.05, 3.63) is 54.0 Å². The lowest BCUT2D eigenvalue weighted by Gasteiger charge is -2.11. The van der Waals surface area contributed by atoms with Gasteiger partial charge in [0.15, 0.2) is 0 Å². The van der Waals surface area contributed by atoms with E-state index in [1.54, 1.807) is 10.9 Å². The Morgan fingerprint density at radius 1 is 1.08 bits per heavy atom. The molecule has 3 rings (SSSR count). The third kappa shape index (κ3) is 3.37. The quantitative estimate of drug-likeness (QED) is 0.788. The highest BCUT2D eigenvalue weighted by molar-refractivity contribution is 5.68. The van der Waals surface area contributed by atoms with Crippen molar-refractivity contribution in [2.24, 2.45) is 7.05 Å². The van der Waals surface area contributed by atoms with Gasteiger partial charge in [-0.05, 0) is 42.8 Å². The minimum Gasteiger partial charge on any atom is -0.324 e. The number of hydrogen-bond donors (Lipinski definition) is 1. The fourth-order valence-corrected chi connectivity index (χ4v) is 2.37. The van der Waals surface area contributed by atoms with Crippen molar-refractivity contribution in [2.45, 2.75) is 13.1 Å². The number of nitrogens with zero attached hydrogens (tertiary/aromatic N) is 4. The molecule has 1 N–H and O–H groups in total. The zero-order valence-electron chi connectivity index (χ0n) is 13.0. The van der Waals surface area contributed by atoms with Crippen LogP contribution in [-0.2, 0) is 13.2 Å². The molecule has 0 amide bonds. The minimum absolute atomic E-state index is 0.105. The monoisotopic (exact) mass is 333 g/mol. The van der Waals surface area contributed by atoms with Gasteiger partial charge < -0.3 is 5.32 Å². The van der Waals surface area contributed by atoms with Crippen LogP contribution in [0.4, 0.5) is 24.8 Å². The molecule has 3 aromatic rings. The van der Waals surface area contributed by atoms with Crippen LogP contribution in [0.5, 0.6) is 0 Å². The van der Waals surface area contributed by atoms with E-state index in [9.17, 15) is 13.2 Å². The first-order chi connectivity index (χ1) is 11.3. The maximum atomic E-state index is 12.7. The number of hydrogen-bond acceptors (Lipinski definition) is 4. The largest absolute Gasteiger partial charge is 0.433 e. The summed E-state index contributed by atoms with van der Waals surface area (Å²) in [5, 5.41) is 6.95. The smallest absolute Gasteiger partial charge is 0.324 e. The average molecular weight is 333 g/mol. The zero-order chi connectivity index (χ0) is 17.3. The van der Waals surface area contributed by atoms with Crippen LogP contribution in [0.15, 0.2) is 42.7 Å². The summed E-state index contributed by atoms with van der Waals surface area (Å²) < 4.78 is 39.9. The summed E-state index contributed by atoms with van der Waals surface area (Å²) in [5.41, 5.74) is 2.35. The molecule has 0 aliphatic carbocycles. The SMILES string of the molecule is Cc1cc(Nc2nccc(C(F)(F)F)n2)cc(-c2ccnn2C)c1. The maximum absolute atomic E-state index is 12.7. The molecule has 0 radical (unpaired) electrons. The third-order valence-corrected chi connectivity index (χ3v) is 3.40. The topological polar surface area (TPSA) is 55.6 Å². The van der Waals surface area contributed by atoms with Gasteiger partial charge in [0, 0.05) is 30.7 Å². The second kappa shape index (κ2) is 5.95. The van der Waals surface area contributed by atoms with E-state index in [0.717, 1.165) is 29.1 Å². The van der Waals surface area contributed by atoms with Gasteiger partial charge in [-0.1, -0.05) is 0 Å². The Labute approximate surface area is 136 Å². The van der Waals surface area contributed by atoms with Crippen LogP contribution in [0.25, 0.3) is 11.3 Å². The number of nitrogens with one attached hydrogen (secondary N) is 1. The van der Waals surface area contributed by atoms with Crippen LogP contribution >= 0.6 is 0 Å². The van der Waals surface area contributed by atoms with Gasteiger partial charge in [-0.15, -0.1) is 0 Å². The number of benzene rings is 1. The summed E-state index contributed by atoms with van der Waals surface area (Å²) in [7, 11) is 1.82. The second-order valence-electron chi connectivity index (χ2n) is 5.32. The summed E-state index contributed by atoms with van der Waals surface area (Å²) in [6, 6.07) is 8.29. The number of anilines is 2. The molecule has 0 saturated heterocycles. The van der Waals surface area contributed by atoms with Gasteiger partial charge in [0.25, 0.3) is 0 Å². The molecule has 8 heteroatoms. The first-order valence-corrected chi connectivity index (χ1v) is 7.10. The maximum Gasteiger partial charge on any atom is 0.433 e. The fourth-order valence-electron chi connectivity index (χ4n) is 2.37. The lowest BCUT2D eigenvalue weighted by Crippen LogP contribution is -2.10. The van der Waals surface area contributed by atoms with Crippen molar-refractivity contribution in [2.75, 3.05) is 5.32 Å². The van der Waals surface area contributed by atoms with Gasteiger partial charge in [0.1, 0.15) is 5.69 Å². The number of halogens is 3. The van der Waals surface area contributed by atoms with Gasteiger partial charge >= 0.3 is 6.18 Å². The van der Waals surface area contributed by atoms with Crippen molar-refractivity contribution >= 4 is 11.6 Å². The molecule has 2 aromatic heterocycles. The molecule has 0 atom stereocenters. The Bertz CT molecular complexity index is 870. The number of aromatic nitrogens is 4. The summed E-state index contributed by atoms with van der Waals surface area (Å²) in [6.07, 6.45) is -1.75. The molecular weight excluding hydrogens is 319 g/mol. The number of rotatable bonds is 3. The lowest BCUT2D eigenvalue weighted by atomic mass is 10.1. The zero-order valence-corrected chi connectivity index (χ0v) is 13.0. The van der Waals surface area contributed by atoms with Crippen LogP contribution < -0.4 is 5.32 Å². The molecule has 1 aromatic carbocycles. The van der Waals surface area contributed by atoms with Crippen LogP contribution in [0.2, 0.25) is 0 Å². The molecule has 0 bridgehead atoms. The summed E-state index contributed by atoms with van der Waals surface area (Å²) in [4.78, 5) is 7.36. The van der Waals surface area contributed by atoms with Crippen LogP contribution in [0.3, 0.4) is 0 Å². The molecule has 0 fully saturated rings.